The standard InChI is InChI=1S/C16H21N3O3/c1-10-2-5-14-13(6-10)15(19-18-14)16(21)17-7-12(20)9-22-8-11-3-4-11/h2,5-6,11-12,20H,3-4,7-9H2,1H3,(H,17,21)(H,18,19). The van der Waals surface area contributed by atoms with E-state index >= 15 is 0 Å². The quantitative estimate of drug-likeness (QED) is 0.721. The first-order valence-electron chi connectivity index (χ1n) is 7.62. The number of H-pyrrole nitrogens is 1. The molecular weight excluding hydrogens is 282 g/mol. The Morgan fingerprint density at radius 1 is 1.55 bits per heavy atom. The van der Waals surface area contributed by atoms with E-state index in [1.54, 1.807) is 0 Å². The molecule has 1 saturated carbocycles. The lowest BCUT2D eigenvalue weighted by Gasteiger charge is -2.11. The molecule has 3 N–H and O–H groups in total. The van der Waals surface area contributed by atoms with E-state index in [0.717, 1.165) is 16.5 Å². The van der Waals surface area contributed by atoms with Crippen molar-refractivity contribution in [2.45, 2.75) is 25.9 Å². The summed E-state index contributed by atoms with van der Waals surface area (Å²) < 4.78 is 5.41. The van der Waals surface area contributed by atoms with Crippen molar-refractivity contribution in [3.8, 4) is 0 Å². The Balaban J connectivity index is 1.52. The van der Waals surface area contributed by atoms with Crippen molar-refractivity contribution in [2.24, 2.45) is 5.92 Å². The van der Waals surface area contributed by atoms with Crippen molar-refractivity contribution in [1.29, 1.82) is 0 Å². The monoisotopic (exact) mass is 303 g/mol. The fraction of sp³-hybridized carbons (Fsp3) is 0.500. The van der Waals surface area contributed by atoms with Gasteiger partial charge in [0.25, 0.3) is 5.91 Å². The molecule has 1 unspecified atom stereocenters. The Labute approximate surface area is 128 Å². The van der Waals surface area contributed by atoms with Crippen LogP contribution in [0.15, 0.2) is 18.2 Å². The Hall–Kier alpha value is -1.92. The van der Waals surface area contributed by atoms with E-state index in [2.05, 4.69) is 15.5 Å². The second-order valence-corrected chi connectivity index (χ2v) is 5.97. The molecule has 0 bridgehead atoms. The number of benzene rings is 1. The minimum Gasteiger partial charge on any atom is -0.389 e. The number of nitrogens with one attached hydrogen (secondary N) is 2. The van der Waals surface area contributed by atoms with Crippen LogP contribution in [0, 0.1) is 12.8 Å². The summed E-state index contributed by atoms with van der Waals surface area (Å²) in [5.41, 5.74) is 2.24. The van der Waals surface area contributed by atoms with Crippen LogP contribution in [0.5, 0.6) is 0 Å². The van der Waals surface area contributed by atoms with E-state index in [1.165, 1.54) is 12.8 Å². The summed E-state index contributed by atoms with van der Waals surface area (Å²) in [4.78, 5) is 12.2. The highest BCUT2D eigenvalue weighted by atomic mass is 16.5. The largest absolute Gasteiger partial charge is 0.389 e. The summed E-state index contributed by atoms with van der Waals surface area (Å²) in [5.74, 6) is 0.374. The topological polar surface area (TPSA) is 87.2 Å². The number of aryl methyl sites for hydroxylation is 1. The predicted molar refractivity (Wildman–Crippen MR) is 82.7 cm³/mol. The smallest absolute Gasteiger partial charge is 0.272 e. The van der Waals surface area contributed by atoms with Crippen molar-refractivity contribution >= 4 is 16.8 Å². The van der Waals surface area contributed by atoms with Crippen LogP contribution in [0.1, 0.15) is 28.9 Å². The van der Waals surface area contributed by atoms with Crippen molar-refractivity contribution in [3.05, 3.63) is 29.5 Å². The summed E-state index contributed by atoms with van der Waals surface area (Å²) >= 11 is 0. The second kappa shape index (κ2) is 6.46. The maximum absolute atomic E-state index is 12.2. The van der Waals surface area contributed by atoms with Crippen molar-refractivity contribution in [1.82, 2.24) is 15.5 Å². The highest BCUT2D eigenvalue weighted by Gasteiger charge is 2.22. The number of rotatable bonds is 7. The lowest BCUT2D eigenvalue weighted by molar-refractivity contribution is 0.0320. The molecule has 1 atom stereocenters. The third-order valence-electron chi connectivity index (χ3n) is 3.79. The molecule has 1 fully saturated rings. The molecule has 0 aliphatic heterocycles. The number of aromatic nitrogens is 2. The van der Waals surface area contributed by atoms with Gasteiger partial charge in [-0.15, -0.1) is 0 Å². The van der Waals surface area contributed by atoms with Gasteiger partial charge in [-0.05, 0) is 37.8 Å². The number of carbonyl (C=O) groups is 1. The average Bonchev–Trinajstić information content (AvgIpc) is 3.22. The SMILES string of the molecule is Cc1ccc2[nH]nc(C(=O)NCC(O)COCC3CC3)c2c1. The van der Waals surface area contributed by atoms with E-state index < -0.39 is 6.10 Å². The zero-order valence-corrected chi connectivity index (χ0v) is 12.6. The molecule has 118 valence electrons. The van der Waals surface area contributed by atoms with Crippen LogP contribution in [-0.4, -0.2) is 47.1 Å². The first kappa shape index (κ1) is 15.0. The predicted octanol–water partition coefficient (Wildman–Crippen LogP) is 1.39. The van der Waals surface area contributed by atoms with Gasteiger partial charge in [-0.25, -0.2) is 0 Å². The van der Waals surface area contributed by atoms with Crippen molar-refractivity contribution < 1.29 is 14.6 Å². The van der Waals surface area contributed by atoms with E-state index in [4.69, 9.17) is 4.74 Å². The molecule has 3 rings (SSSR count). The third-order valence-corrected chi connectivity index (χ3v) is 3.79. The van der Waals surface area contributed by atoms with Crippen LogP contribution in [-0.2, 0) is 4.74 Å². The van der Waals surface area contributed by atoms with E-state index in [9.17, 15) is 9.90 Å². The molecule has 0 radical (unpaired) electrons. The van der Waals surface area contributed by atoms with Crippen molar-refractivity contribution in [3.63, 3.8) is 0 Å². The number of aliphatic hydroxyl groups is 1. The molecule has 1 aliphatic rings. The number of aromatic amines is 1. The lowest BCUT2D eigenvalue weighted by Crippen LogP contribution is -2.35. The third kappa shape index (κ3) is 3.64. The Morgan fingerprint density at radius 3 is 3.14 bits per heavy atom. The van der Waals surface area contributed by atoms with Gasteiger partial charge < -0.3 is 15.2 Å². The summed E-state index contributed by atoms with van der Waals surface area (Å²) in [6.45, 7) is 3.07. The zero-order chi connectivity index (χ0) is 15.5. The van der Waals surface area contributed by atoms with Gasteiger partial charge in [0.05, 0.1) is 18.2 Å². The Morgan fingerprint density at radius 2 is 2.36 bits per heavy atom. The van der Waals surface area contributed by atoms with E-state index in [0.29, 0.717) is 18.2 Å². The van der Waals surface area contributed by atoms with E-state index in [1.807, 2.05) is 25.1 Å². The number of hydrogen-bond acceptors (Lipinski definition) is 4. The summed E-state index contributed by atoms with van der Waals surface area (Å²) in [7, 11) is 0. The number of hydrogen-bond donors (Lipinski definition) is 3. The molecular formula is C16H21N3O3. The molecule has 6 heteroatoms. The first-order chi connectivity index (χ1) is 10.6. The first-order valence-corrected chi connectivity index (χ1v) is 7.62. The van der Waals surface area contributed by atoms with Gasteiger partial charge in [-0.3, -0.25) is 9.89 Å². The van der Waals surface area contributed by atoms with Crippen LogP contribution < -0.4 is 5.32 Å². The van der Waals surface area contributed by atoms with Gasteiger partial charge in [0.15, 0.2) is 5.69 Å². The molecule has 1 aliphatic carbocycles. The Kier molecular flexibility index (Phi) is 4.40. The normalized spacial score (nSPS) is 15.9. The summed E-state index contributed by atoms with van der Waals surface area (Å²) in [6, 6.07) is 5.78. The van der Waals surface area contributed by atoms with Gasteiger partial charge in [0.1, 0.15) is 0 Å². The van der Waals surface area contributed by atoms with Gasteiger partial charge >= 0.3 is 0 Å². The van der Waals surface area contributed by atoms with Crippen LogP contribution in [0.4, 0.5) is 0 Å². The summed E-state index contributed by atoms with van der Waals surface area (Å²) in [6.07, 6.45) is 1.74. The van der Waals surface area contributed by atoms with Crippen LogP contribution in [0.3, 0.4) is 0 Å². The van der Waals surface area contributed by atoms with Gasteiger partial charge in [-0.1, -0.05) is 11.6 Å². The van der Waals surface area contributed by atoms with E-state index in [-0.39, 0.29) is 19.1 Å². The highest BCUT2D eigenvalue weighted by Crippen LogP contribution is 2.28. The lowest BCUT2D eigenvalue weighted by atomic mass is 10.1. The molecule has 2 aromatic rings. The maximum atomic E-state index is 12.2. The van der Waals surface area contributed by atoms with Crippen LogP contribution in [0.25, 0.3) is 10.9 Å². The number of amides is 1. The van der Waals surface area contributed by atoms with Gasteiger partial charge in [-0.2, -0.15) is 5.10 Å². The van der Waals surface area contributed by atoms with Crippen molar-refractivity contribution in [2.75, 3.05) is 19.8 Å². The number of fused-ring (bicyclic) bond motifs is 1. The second-order valence-electron chi connectivity index (χ2n) is 5.97. The molecule has 22 heavy (non-hydrogen) atoms. The average molecular weight is 303 g/mol. The Bertz CT molecular complexity index is 664. The van der Waals surface area contributed by atoms with Gasteiger partial charge in [0.2, 0.25) is 0 Å². The molecule has 1 aromatic carbocycles. The minimum absolute atomic E-state index is 0.156. The molecule has 1 aromatic heterocycles. The zero-order valence-electron chi connectivity index (χ0n) is 12.6. The molecule has 0 spiro atoms. The van der Waals surface area contributed by atoms with Crippen LogP contribution >= 0.6 is 0 Å². The maximum Gasteiger partial charge on any atom is 0.272 e. The number of nitrogens with zero attached hydrogens (tertiary/aromatic N) is 1. The number of aliphatic hydroxyl groups excluding tert-OH is 1. The number of ether oxygens (including phenoxy) is 1. The minimum atomic E-state index is -0.699. The fourth-order valence-electron chi connectivity index (χ4n) is 2.31. The molecule has 0 saturated heterocycles. The highest BCUT2D eigenvalue weighted by molar-refractivity contribution is 6.04. The number of carbonyl (C=O) groups excluding carboxylic acids is 1. The van der Waals surface area contributed by atoms with Crippen LogP contribution in [0.2, 0.25) is 0 Å². The molecule has 1 amide bonds. The summed E-state index contributed by atoms with van der Waals surface area (Å²) in [5, 5.41) is 20.2. The van der Waals surface area contributed by atoms with Gasteiger partial charge in [0, 0.05) is 18.5 Å². The molecule has 1 heterocycles. The molecule has 6 nitrogen and oxygen atoms in total. The fourth-order valence-corrected chi connectivity index (χ4v) is 2.31.